The Morgan fingerprint density at radius 1 is 0.431 bits per heavy atom. The molecule has 0 aliphatic carbocycles. The maximum Gasteiger partial charge on any atom is 0.341 e. The molecule has 0 radical (unpaired) electrons. The molecule has 0 spiro atoms. The number of ether oxygens (including phenoxy) is 1. The van der Waals surface area contributed by atoms with Crippen LogP contribution in [0.3, 0.4) is 0 Å². The van der Waals surface area contributed by atoms with Crippen LogP contribution >= 0.6 is 0 Å². The van der Waals surface area contributed by atoms with Crippen molar-refractivity contribution in [3.8, 4) is 39.1 Å². The number of aromatic carboxylic acids is 4. The number of aryl methyl sites for hydroxylation is 2. The standard InChI is InChI=1S/C15H14N2O5.C14H12N2O4.C14H16N2/c1-22-13-8(3-5-11(17)12(13)15(20)21)7-2-4-10(16)9(6-7)14(18)19;15-11-3-1-7(5-9(11)13(17)18)8-2-4-12(16)10(6-8)14(19)20;1-9-7-11(15)3-5-13(9)14-6-4-12(16)8-10(14)2/h2-6H,16-17H2,1H3,(H,18,19)(H,20,21);1-6H,15-16H2,(H,17,18)(H,19,20);3-8H,15-16H2,1-2H3. The van der Waals surface area contributed by atoms with Crippen LogP contribution in [0.4, 0.5) is 34.1 Å². The van der Waals surface area contributed by atoms with E-state index < -0.39 is 23.9 Å². The van der Waals surface area contributed by atoms with E-state index in [0.29, 0.717) is 22.3 Å². The van der Waals surface area contributed by atoms with E-state index in [1.165, 1.54) is 71.8 Å². The number of hydrogen-bond acceptors (Lipinski definition) is 11. The second-order valence-electron chi connectivity index (χ2n) is 12.9. The summed E-state index contributed by atoms with van der Waals surface area (Å²) < 4.78 is 5.16. The second-order valence-corrected chi connectivity index (χ2v) is 12.9. The molecule has 0 aliphatic rings. The van der Waals surface area contributed by atoms with Crippen LogP contribution in [0, 0.1) is 13.8 Å². The van der Waals surface area contributed by atoms with Crippen LogP contribution < -0.4 is 39.1 Å². The highest BCUT2D eigenvalue weighted by Crippen LogP contribution is 2.37. The minimum absolute atomic E-state index is 0.0313. The number of carboxylic acid groups (broad SMARTS) is 4. The number of carboxylic acids is 4. The summed E-state index contributed by atoms with van der Waals surface area (Å²) in [5.41, 5.74) is 42.5. The molecule has 6 rings (SSSR count). The summed E-state index contributed by atoms with van der Waals surface area (Å²) in [6.45, 7) is 4.14. The number of benzene rings is 6. The molecule has 58 heavy (non-hydrogen) atoms. The van der Waals surface area contributed by atoms with Gasteiger partial charge in [-0.3, -0.25) is 0 Å². The number of nitrogens with two attached hydrogens (primary N) is 6. The third kappa shape index (κ3) is 9.72. The van der Waals surface area contributed by atoms with Crippen molar-refractivity contribution in [1.29, 1.82) is 0 Å². The molecule has 0 amide bonds. The van der Waals surface area contributed by atoms with Gasteiger partial charge in [0.2, 0.25) is 0 Å². The van der Waals surface area contributed by atoms with Gasteiger partial charge in [0.1, 0.15) is 11.3 Å². The zero-order valence-electron chi connectivity index (χ0n) is 31.6. The normalized spacial score (nSPS) is 10.3. The van der Waals surface area contributed by atoms with Gasteiger partial charge in [-0.15, -0.1) is 0 Å². The van der Waals surface area contributed by atoms with Crippen molar-refractivity contribution in [1.82, 2.24) is 0 Å². The van der Waals surface area contributed by atoms with Gasteiger partial charge in [-0.05, 0) is 126 Å². The van der Waals surface area contributed by atoms with Gasteiger partial charge in [-0.2, -0.15) is 0 Å². The van der Waals surface area contributed by atoms with Crippen molar-refractivity contribution in [3.05, 3.63) is 137 Å². The third-order valence-corrected chi connectivity index (χ3v) is 8.89. The monoisotopic (exact) mass is 786 g/mol. The third-order valence-electron chi connectivity index (χ3n) is 8.89. The summed E-state index contributed by atoms with van der Waals surface area (Å²) in [7, 11) is 1.32. The van der Waals surface area contributed by atoms with Crippen molar-refractivity contribution >= 4 is 58.0 Å². The highest BCUT2D eigenvalue weighted by molar-refractivity contribution is 6.01. The lowest BCUT2D eigenvalue weighted by Gasteiger charge is -2.14. The average Bonchev–Trinajstić information content (AvgIpc) is 3.16. The minimum atomic E-state index is -1.23. The SMILES string of the molecule is COc1c(-c2ccc(N)c(C(=O)O)c2)ccc(N)c1C(=O)O.Cc1cc(N)ccc1-c1ccc(N)cc1C.Nc1ccc(-c2ccc(N)c(C(=O)O)c2)cc1C(=O)O. The molecule has 6 aromatic carbocycles. The van der Waals surface area contributed by atoms with Gasteiger partial charge in [-0.25, -0.2) is 19.2 Å². The largest absolute Gasteiger partial charge is 0.495 e. The zero-order valence-corrected chi connectivity index (χ0v) is 31.6. The fourth-order valence-corrected chi connectivity index (χ4v) is 5.99. The maximum absolute atomic E-state index is 11.3. The first-order valence-electron chi connectivity index (χ1n) is 17.2. The predicted octanol–water partition coefficient (Wildman–Crippen LogP) is 6.97. The summed E-state index contributed by atoms with van der Waals surface area (Å²) in [5, 5.41) is 36.4. The Hall–Kier alpha value is -8.20. The molecule has 15 heteroatoms. The predicted molar refractivity (Wildman–Crippen MR) is 226 cm³/mol. The van der Waals surface area contributed by atoms with E-state index in [9.17, 15) is 24.3 Å². The van der Waals surface area contributed by atoms with Crippen molar-refractivity contribution in [2.24, 2.45) is 0 Å². The molecule has 16 N–H and O–H groups in total. The maximum atomic E-state index is 11.3. The lowest BCUT2D eigenvalue weighted by molar-refractivity contribution is 0.0684. The molecule has 0 saturated carbocycles. The van der Waals surface area contributed by atoms with E-state index in [1.807, 2.05) is 24.3 Å². The lowest BCUT2D eigenvalue weighted by Crippen LogP contribution is -2.07. The summed E-state index contributed by atoms with van der Waals surface area (Å²) in [6, 6.07) is 28.3. The summed E-state index contributed by atoms with van der Waals surface area (Å²) >= 11 is 0. The molecule has 6 aromatic rings. The first-order valence-corrected chi connectivity index (χ1v) is 17.2. The van der Waals surface area contributed by atoms with Crippen molar-refractivity contribution < 1.29 is 44.3 Å². The zero-order chi connectivity index (χ0) is 43.0. The van der Waals surface area contributed by atoms with Crippen LogP contribution in [-0.4, -0.2) is 51.4 Å². The van der Waals surface area contributed by atoms with Crippen LogP contribution in [-0.2, 0) is 0 Å². The topological polar surface area (TPSA) is 315 Å². The smallest absolute Gasteiger partial charge is 0.341 e. The fraction of sp³-hybridized carbons (Fsp3) is 0.0698. The Kier molecular flexibility index (Phi) is 13.2. The lowest BCUT2D eigenvalue weighted by atomic mass is 9.96. The molecule has 0 atom stereocenters. The van der Waals surface area contributed by atoms with Crippen LogP contribution in [0.1, 0.15) is 52.6 Å². The van der Waals surface area contributed by atoms with Gasteiger partial charge < -0.3 is 59.6 Å². The van der Waals surface area contributed by atoms with Crippen LogP contribution in [0.25, 0.3) is 33.4 Å². The molecule has 0 saturated heterocycles. The Labute approximate surface area is 332 Å². The van der Waals surface area contributed by atoms with E-state index >= 15 is 0 Å². The molecule has 0 unspecified atom stereocenters. The van der Waals surface area contributed by atoms with Crippen LogP contribution in [0.15, 0.2) is 103 Å². The Morgan fingerprint density at radius 2 is 0.776 bits per heavy atom. The quantitative estimate of drug-likeness (QED) is 0.0696. The second kappa shape index (κ2) is 18.0. The van der Waals surface area contributed by atoms with E-state index in [-0.39, 0.29) is 50.8 Å². The first-order chi connectivity index (χ1) is 27.3. The Morgan fingerprint density at radius 3 is 1.12 bits per heavy atom. The summed E-state index contributed by atoms with van der Waals surface area (Å²) in [6.07, 6.45) is 0. The molecule has 0 heterocycles. The molecule has 0 aliphatic heterocycles. The van der Waals surface area contributed by atoms with Gasteiger partial charge in [0.25, 0.3) is 0 Å². The number of rotatable bonds is 8. The van der Waals surface area contributed by atoms with Gasteiger partial charge in [0.15, 0.2) is 0 Å². The van der Waals surface area contributed by atoms with E-state index in [2.05, 4.69) is 26.0 Å². The van der Waals surface area contributed by atoms with E-state index in [4.69, 9.17) is 54.5 Å². The number of methoxy groups -OCH3 is 1. The van der Waals surface area contributed by atoms with Gasteiger partial charge in [-0.1, -0.05) is 30.3 Å². The average molecular weight is 787 g/mol. The molecular formula is C43H42N6O9. The molecule has 0 fully saturated rings. The summed E-state index contributed by atoms with van der Waals surface area (Å²) in [5.74, 6) is -4.62. The van der Waals surface area contributed by atoms with Crippen LogP contribution in [0.2, 0.25) is 0 Å². The van der Waals surface area contributed by atoms with Crippen molar-refractivity contribution in [2.75, 3.05) is 41.5 Å². The molecule has 0 bridgehead atoms. The Balaban J connectivity index is 0.000000195. The van der Waals surface area contributed by atoms with Crippen molar-refractivity contribution in [3.63, 3.8) is 0 Å². The highest BCUT2D eigenvalue weighted by Gasteiger charge is 2.21. The molecule has 15 nitrogen and oxygen atoms in total. The van der Waals surface area contributed by atoms with E-state index in [0.717, 1.165) is 11.4 Å². The molecule has 0 aromatic heterocycles. The number of anilines is 6. The fourth-order valence-electron chi connectivity index (χ4n) is 5.99. The van der Waals surface area contributed by atoms with Gasteiger partial charge >= 0.3 is 23.9 Å². The summed E-state index contributed by atoms with van der Waals surface area (Å²) in [4.78, 5) is 44.6. The Bertz CT molecular complexity index is 2460. The minimum Gasteiger partial charge on any atom is -0.495 e. The number of hydrogen-bond donors (Lipinski definition) is 10. The van der Waals surface area contributed by atoms with Crippen molar-refractivity contribution in [2.45, 2.75) is 13.8 Å². The van der Waals surface area contributed by atoms with Gasteiger partial charge in [0, 0.05) is 39.7 Å². The highest BCUT2D eigenvalue weighted by atomic mass is 16.5. The number of nitrogen functional groups attached to an aromatic ring is 6. The molecule has 298 valence electrons. The van der Waals surface area contributed by atoms with Crippen LogP contribution in [0.5, 0.6) is 5.75 Å². The van der Waals surface area contributed by atoms with E-state index in [1.54, 1.807) is 24.3 Å². The first kappa shape index (κ1) is 42.5. The van der Waals surface area contributed by atoms with Gasteiger partial charge in [0.05, 0.1) is 23.8 Å². The number of carbonyl (C=O) groups is 4. The molecular weight excluding hydrogens is 745 g/mol.